The molecule has 1 amide bonds. The maximum atomic E-state index is 11.9. The highest BCUT2D eigenvalue weighted by Crippen LogP contribution is 2.28. The molecule has 1 saturated heterocycles. The number of likely N-dealkylation sites (tertiary alicyclic amines) is 1. The van der Waals surface area contributed by atoms with E-state index in [2.05, 4.69) is 24.1 Å². The minimum absolute atomic E-state index is 0.0126. The van der Waals surface area contributed by atoms with Gasteiger partial charge in [-0.15, -0.1) is 0 Å². The van der Waals surface area contributed by atoms with Gasteiger partial charge in [-0.2, -0.15) is 0 Å². The molecule has 1 aliphatic heterocycles. The van der Waals surface area contributed by atoms with E-state index in [1.54, 1.807) is 18.2 Å². The fourth-order valence-corrected chi connectivity index (χ4v) is 2.76. The lowest BCUT2D eigenvalue weighted by molar-refractivity contribution is -0.116. The van der Waals surface area contributed by atoms with Crippen LogP contribution in [0.1, 0.15) is 26.7 Å². The van der Waals surface area contributed by atoms with Crippen molar-refractivity contribution in [2.75, 3.05) is 30.7 Å². The molecule has 0 aliphatic carbocycles. The van der Waals surface area contributed by atoms with Gasteiger partial charge in [0.05, 0.1) is 10.7 Å². The van der Waals surface area contributed by atoms with E-state index < -0.39 is 0 Å². The molecule has 1 aromatic carbocycles. The number of halogens is 1. The van der Waals surface area contributed by atoms with Crippen LogP contribution < -0.4 is 11.1 Å². The predicted molar refractivity (Wildman–Crippen MR) is 83.9 cm³/mol. The fourth-order valence-electron chi connectivity index (χ4n) is 2.52. The minimum Gasteiger partial charge on any atom is -0.399 e. The summed E-state index contributed by atoms with van der Waals surface area (Å²) in [5.74, 6) is -0.0126. The van der Waals surface area contributed by atoms with Crippen LogP contribution in [0.25, 0.3) is 0 Å². The molecule has 2 rings (SSSR count). The van der Waals surface area contributed by atoms with Crippen molar-refractivity contribution in [3.05, 3.63) is 23.2 Å². The maximum Gasteiger partial charge on any atom is 0.225 e. The molecule has 0 atom stereocenters. The van der Waals surface area contributed by atoms with Crippen LogP contribution in [-0.2, 0) is 4.79 Å². The van der Waals surface area contributed by atoms with E-state index in [-0.39, 0.29) is 5.91 Å². The number of carbonyl (C=O) groups is 1. The molecule has 110 valence electrons. The van der Waals surface area contributed by atoms with E-state index in [1.807, 2.05) is 0 Å². The Kier molecular flexibility index (Phi) is 4.55. The van der Waals surface area contributed by atoms with Crippen LogP contribution in [-0.4, -0.2) is 30.4 Å². The van der Waals surface area contributed by atoms with Crippen molar-refractivity contribution in [3.63, 3.8) is 0 Å². The van der Waals surface area contributed by atoms with E-state index >= 15 is 0 Å². The Hall–Kier alpha value is -1.26. The SMILES string of the molecule is CC1(C)CCN(CCC(=O)Nc2ccc(N)cc2Cl)C1. The van der Waals surface area contributed by atoms with Crippen LogP contribution in [0.4, 0.5) is 11.4 Å². The number of amides is 1. The van der Waals surface area contributed by atoms with Gasteiger partial charge >= 0.3 is 0 Å². The van der Waals surface area contributed by atoms with Crippen LogP contribution in [0.3, 0.4) is 0 Å². The highest BCUT2D eigenvalue weighted by molar-refractivity contribution is 6.34. The predicted octanol–water partition coefficient (Wildman–Crippen LogP) is 2.98. The van der Waals surface area contributed by atoms with Gasteiger partial charge in [0, 0.05) is 25.2 Å². The molecule has 1 aliphatic rings. The summed E-state index contributed by atoms with van der Waals surface area (Å²) in [6.07, 6.45) is 1.68. The highest BCUT2D eigenvalue weighted by atomic mass is 35.5. The van der Waals surface area contributed by atoms with Crippen molar-refractivity contribution in [1.29, 1.82) is 0 Å². The second-order valence-electron chi connectivity index (χ2n) is 6.23. The van der Waals surface area contributed by atoms with Crippen molar-refractivity contribution in [2.45, 2.75) is 26.7 Å². The van der Waals surface area contributed by atoms with Crippen LogP contribution in [0, 0.1) is 5.41 Å². The van der Waals surface area contributed by atoms with E-state index in [4.69, 9.17) is 17.3 Å². The Labute approximate surface area is 125 Å². The van der Waals surface area contributed by atoms with Gasteiger partial charge in [-0.05, 0) is 36.6 Å². The van der Waals surface area contributed by atoms with Gasteiger partial charge in [0.2, 0.25) is 5.91 Å². The van der Waals surface area contributed by atoms with Gasteiger partial charge in [-0.3, -0.25) is 4.79 Å². The molecule has 3 N–H and O–H groups in total. The van der Waals surface area contributed by atoms with Crippen molar-refractivity contribution in [1.82, 2.24) is 4.90 Å². The Morgan fingerprint density at radius 2 is 2.25 bits per heavy atom. The smallest absolute Gasteiger partial charge is 0.225 e. The van der Waals surface area contributed by atoms with Gasteiger partial charge in [-0.25, -0.2) is 0 Å². The summed E-state index contributed by atoms with van der Waals surface area (Å²) >= 11 is 6.03. The topological polar surface area (TPSA) is 58.4 Å². The molecule has 0 radical (unpaired) electrons. The Morgan fingerprint density at radius 3 is 2.85 bits per heavy atom. The third-order valence-electron chi connectivity index (χ3n) is 3.68. The number of rotatable bonds is 4. The Balaban J connectivity index is 1.81. The Morgan fingerprint density at radius 1 is 1.50 bits per heavy atom. The zero-order valence-corrected chi connectivity index (χ0v) is 12.8. The molecule has 0 unspecified atom stereocenters. The van der Waals surface area contributed by atoms with Gasteiger partial charge in [0.1, 0.15) is 0 Å². The van der Waals surface area contributed by atoms with Gasteiger partial charge < -0.3 is 16.0 Å². The average Bonchev–Trinajstić information content (AvgIpc) is 2.70. The van der Waals surface area contributed by atoms with E-state index in [1.165, 1.54) is 6.42 Å². The summed E-state index contributed by atoms with van der Waals surface area (Å²) in [4.78, 5) is 14.3. The van der Waals surface area contributed by atoms with Gasteiger partial charge in [0.25, 0.3) is 0 Å². The van der Waals surface area contributed by atoms with Crippen molar-refractivity contribution < 1.29 is 4.79 Å². The summed E-state index contributed by atoms with van der Waals surface area (Å²) in [7, 11) is 0. The number of nitrogens with one attached hydrogen (secondary N) is 1. The zero-order valence-electron chi connectivity index (χ0n) is 12.1. The van der Waals surface area contributed by atoms with Crippen molar-refractivity contribution >= 4 is 28.9 Å². The number of carbonyl (C=O) groups excluding carboxylic acids is 1. The van der Waals surface area contributed by atoms with Crippen LogP contribution >= 0.6 is 11.6 Å². The molecule has 20 heavy (non-hydrogen) atoms. The van der Waals surface area contributed by atoms with Crippen LogP contribution in [0.2, 0.25) is 5.02 Å². The molecule has 0 bridgehead atoms. The largest absolute Gasteiger partial charge is 0.399 e. The summed E-state index contributed by atoms with van der Waals surface area (Å²) in [6.45, 7) is 7.45. The lowest BCUT2D eigenvalue weighted by Crippen LogP contribution is -2.27. The molecule has 1 fully saturated rings. The quantitative estimate of drug-likeness (QED) is 0.840. The molecule has 0 spiro atoms. The molecule has 4 nitrogen and oxygen atoms in total. The van der Waals surface area contributed by atoms with Gasteiger partial charge in [0.15, 0.2) is 0 Å². The minimum atomic E-state index is -0.0126. The third kappa shape index (κ3) is 4.12. The lowest BCUT2D eigenvalue weighted by atomic mass is 9.93. The first kappa shape index (κ1) is 15.1. The first-order chi connectivity index (χ1) is 9.35. The first-order valence-electron chi connectivity index (χ1n) is 6.93. The van der Waals surface area contributed by atoms with Crippen LogP contribution in [0.5, 0.6) is 0 Å². The number of benzene rings is 1. The van der Waals surface area contributed by atoms with E-state index in [0.29, 0.717) is 28.2 Å². The first-order valence-corrected chi connectivity index (χ1v) is 7.31. The van der Waals surface area contributed by atoms with Crippen molar-refractivity contribution in [2.24, 2.45) is 5.41 Å². The second kappa shape index (κ2) is 6.02. The number of anilines is 2. The van der Waals surface area contributed by atoms with Gasteiger partial charge in [-0.1, -0.05) is 25.4 Å². The lowest BCUT2D eigenvalue weighted by Gasteiger charge is -2.19. The molecular formula is C15H22ClN3O. The average molecular weight is 296 g/mol. The summed E-state index contributed by atoms with van der Waals surface area (Å²) in [5, 5.41) is 3.30. The molecule has 0 saturated carbocycles. The monoisotopic (exact) mass is 295 g/mol. The molecule has 0 aromatic heterocycles. The second-order valence-corrected chi connectivity index (χ2v) is 6.64. The highest BCUT2D eigenvalue weighted by Gasteiger charge is 2.28. The summed E-state index contributed by atoms with van der Waals surface area (Å²) < 4.78 is 0. The number of hydrogen-bond acceptors (Lipinski definition) is 3. The molecule has 1 heterocycles. The van der Waals surface area contributed by atoms with Crippen LogP contribution in [0.15, 0.2) is 18.2 Å². The molecular weight excluding hydrogens is 274 g/mol. The molecule has 1 aromatic rings. The van der Waals surface area contributed by atoms with E-state index in [0.717, 1.165) is 19.6 Å². The number of hydrogen-bond donors (Lipinski definition) is 2. The normalized spacial score (nSPS) is 18.1. The summed E-state index contributed by atoms with van der Waals surface area (Å²) in [6, 6.07) is 5.10. The maximum absolute atomic E-state index is 11.9. The molecule has 5 heteroatoms. The standard InChI is InChI=1S/C15H22ClN3O/c1-15(2)6-8-19(10-15)7-5-14(20)18-13-4-3-11(17)9-12(13)16/h3-4,9H,5-8,10,17H2,1-2H3,(H,18,20). The summed E-state index contributed by atoms with van der Waals surface area (Å²) in [5.41, 5.74) is 7.20. The number of nitrogens with two attached hydrogens (primary N) is 1. The third-order valence-corrected chi connectivity index (χ3v) is 3.99. The fraction of sp³-hybridized carbons (Fsp3) is 0.533. The van der Waals surface area contributed by atoms with E-state index in [9.17, 15) is 4.79 Å². The number of nitrogens with zero attached hydrogens (tertiary/aromatic N) is 1. The number of nitrogen functional groups attached to an aromatic ring is 1. The Bertz CT molecular complexity index is 502. The van der Waals surface area contributed by atoms with Crippen molar-refractivity contribution in [3.8, 4) is 0 Å². The zero-order chi connectivity index (χ0) is 14.8.